The third kappa shape index (κ3) is 3.51. The lowest BCUT2D eigenvalue weighted by atomic mass is 10.1. The predicted molar refractivity (Wildman–Crippen MR) is 85.3 cm³/mol. The van der Waals surface area contributed by atoms with Crippen LogP contribution >= 0.6 is 11.3 Å². The zero-order valence-electron chi connectivity index (χ0n) is 12.6. The number of methoxy groups -OCH3 is 1. The molecule has 0 bridgehead atoms. The monoisotopic (exact) mass is 317 g/mol. The van der Waals surface area contributed by atoms with Crippen molar-refractivity contribution >= 4 is 17.1 Å². The van der Waals surface area contributed by atoms with E-state index in [2.05, 4.69) is 15.1 Å². The van der Waals surface area contributed by atoms with Gasteiger partial charge in [0.25, 0.3) is 0 Å². The van der Waals surface area contributed by atoms with E-state index in [1.807, 2.05) is 29.6 Å². The fourth-order valence-electron chi connectivity index (χ4n) is 2.84. The average molecular weight is 317 g/mol. The van der Waals surface area contributed by atoms with Gasteiger partial charge in [0.05, 0.1) is 17.7 Å². The molecule has 0 N–H and O–H groups in total. The molecule has 0 spiro atoms. The van der Waals surface area contributed by atoms with Gasteiger partial charge < -0.3 is 4.74 Å². The van der Waals surface area contributed by atoms with Gasteiger partial charge in [0.1, 0.15) is 0 Å². The Bertz CT molecular complexity index is 613. The topological polar surface area (TPSA) is 55.3 Å². The van der Waals surface area contributed by atoms with Crippen LogP contribution in [0.4, 0.5) is 0 Å². The lowest BCUT2D eigenvalue weighted by Crippen LogP contribution is -2.31. The third-order valence-electron chi connectivity index (χ3n) is 3.99. The summed E-state index contributed by atoms with van der Waals surface area (Å²) >= 11 is 1.52. The van der Waals surface area contributed by atoms with Crippen LogP contribution in [0.3, 0.4) is 0 Å². The largest absolute Gasteiger partial charge is 0.480 e. The second-order valence-corrected chi connectivity index (χ2v) is 6.39. The number of carbonyl (C=O) groups is 1. The fourth-order valence-corrected chi connectivity index (χ4v) is 3.51. The molecule has 1 aliphatic heterocycles. The van der Waals surface area contributed by atoms with Gasteiger partial charge in [-0.2, -0.15) is 5.10 Å². The summed E-state index contributed by atoms with van der Waals surface area (Å²) in [4.78, 5) is 15.5. The van der Waals surface area contributed by atoms with Gasteiger partial charge in [0.15, 0.2) is 5.78 Å². The lowest BCUT2D eigenvalue weighted by Gasteiger charge is -2.23. The summed E-state index contributed by atoms with van der Waals surface area (Å²) in [5.74, 6) is 0.766. The van der Waals surface area contributed by atoms with Crippen molar-refractivity contribution < 1.29 is 9.53 Å². The normalized spacial score (nSPS) is 18.5. The first-order valence-electron chi connectivity index (χ1n) is 7.43. The summed E-state index contributed by atoms with van der Waals surface area (Å²) in [6, 6.07) is 7.89. The number of ether oxygens (including phenoxy) is 1. The number of rotatable bonds is 6. The van der Waals surface area contributed by atoms with Gasteiger partial charge in [0, 0.05) is 25.1 Å². The summed E-state index contributed by atoms with van der Waals surface area (Å²) in [7, 11) is 1.58. The first-order valence-corrected chi connectivity index (χ1v) is 8.31. The molecule has 0 radical (unpaired) electrons. The molecule has 0 aromatic carbocycles. The smallest absolute Gasteiger partial charge is 0.233 e. The average Bonchev–Trinajstić information content (AvgIpc) is 3.20. The van der Waals surface area contributed by atoms with Crippen molar-refractivity contribution in [2.24, 2.45) is 0 Å². The number of ketones is 1. The maximum absolute atomic E-state index is 12.3. The molecular weight excluding hydrogens is 298 g/mol. The van der Waals surface area contributed by atoms with Gasteiger partial charge in [-0.05, 0) is 36.9 Å². The van der Waals surface area contributed by atoms with Crippen molar-refractivity contribution in [1.82, 2.24) is 15.1 Å². The molecule has 0 aliphatic carbocycles. The van der Waals surface area contributed by atoms with E-state index >= 15 is 0 Å². The molecule has 0 saturated carbocycles. The van der Waals surface area contributed by atoms with Gasteiger partial charge in [-0.25, -0.2) is 0 Å². The van der Waals surface area contributed by atoms with Gasteiger partial charge in [-0.3, -0.25) is 9.69 Å². The Kier molecular flexibility index (Phi) is 4.80. The molecule has 1 atom stereocenters. The SMILES string of the molecule is COc1ccc(CN2CCCC2CC(=O)c2cccs2)nn1. The highest BCUT2D eigenvalue weighted by molar-refractivity contribution is 7.12. The minimum Gasteiger partial charge on any atom is -0.480 e. The molecule has 3 heterocycles. The van der Waals surface area contributed by atoms with E-state index in [1.54, 1.807) is 7.11 Å². The molecule has 1 saturated heterocycles. The summed E-state index contributed by atoms with van der Waals surface area (Å²) in [6.07, 6.45) is 2.79. The van der Waals surface area contributed by atoms with Crippen molar-refractivity contribution in [2.75, 3.05) is 13.7 Å². The first kappa shape index (κ1) is 15.1. The maximum Gasteiger partial charge on any atom is 0.233 e. The van der Waals surface area contributed by atoms with Crippen molar-refractivity contribution in [3.05, 3.63) is 40.2 Å². The van der Waals surface area contributed by atoms with Crippen molar-refractivity contribution in [2.45, 2.75) is 31.8 Å². The predicted octanol–water partition coefficient (Wildman–Crippen LogP) is 2.78. The highest BCUT2D eigenvalue weighted by atomic mass is 32.1. The Balaban J connectivity index is 1.61. The quantitative estimate of drug-likeness (QED) is 0.767. The second-order valence-electron chi connectivity index (χ2n) is 5.44. The first-order chi connectivity index (χ1) is 10.8. The zero-order valence-corrected chi connectivity index (χ0v) is 13.4. The second kappa shape index (κ2) is 6.98. The highest BCUT2D eigenvalue weighted by Gasteiger charge is 2.27. The van der Waals surface area contributed by atoms with E-state index < -0.39 is 0 Å². The Morgan fingerprint density at radius 1 is 1.41 bits per heavy atom. The van der Waals surface area contributed by atoms with E-state index in [1.165, 1.54) is 11.3 Å². The summed E-state index contributed by atoms with van der Waals surface area (Å²) in [6.45, 7) is 1.75. The minimum absolute atomic E-state index is 0.243. The molecule has 116 valence electrons. The standard InChI is InChI=1S/C16H19N3O2S/c1-21-16-7-6-12(17-18-16)11-19-8-2-4-13(19)10-14(20)15-5-3-9-22-15/h3,5-7,9,13H,2,4,8,10-11H2,1H3. The van der Waals surface area contributed by atoms with Crippen LogP contribution in [0, 0.1) is 0 Å². The number of nitrogens with zero attached hydrogens (tertiary/aromatic N) is 3. The van der Waals surface area contributed by atoms with Gasteiger partial charge in [-0.1, -0.05) is 6.07 Å². The third-order valence-corrected chi connectivity index (χ3v) is 4.90. The molecular formula is C16H19N3O2S. The van der Waals surface area contributed by atoms with E-state index in [4.69, 9.17) is 4.74 Å². The summed E-state index contributed by atoms with van der Waals surface area (Å²) in [5, 5.41) is 10.1. The molecule has 3 rings (SSSR count). The van der Waals surface area contributed by atoms with Crippen LogP contribution in [0.5, 0.6) is 5.88 Å². The van der Waals surface area contributed by atoms with E-state index in [9.17, 15) is 4.79 Å². The van der Waals surface area contributed by atoms with Crippen molar-refractivity contribution in [3.63, 3.8) is 0 Å². The molecule has 2 aromatic heterocycles. The van der Waals surface area contributed by atoms with Crippen LogP contribution in [0.25, 0.3) is 0 Å². The van der Waals surface area contributed by atoms with Gasteiger partial charge in [0.2, 0.25) is 5.88 Å². The molecule has 1 aliphatic rings. The van der Waals surface area contributed by atoms with Crippen LogP contribution in [-0.2, 0) is 6.54 Å². The maximum atomic E-state index is 12.3. The number of carbonyl (C=O) groups excluding carboxylic acids is 1. The number of thiophene rings is 1. The Hall–Kier alpha value is -1.79. The van der Waals surface area contributed by atoms with Crippen molar-refractivity contribution in [1.29, 1.82) is 0 Å². The van der Waals surface area contributed by atoms with E-state index in [0.717, 1.165) is 36.5 Å². The Morgan fingerprint density at radius 3 is 3.00 bits per heavy atom. The van der Waals surface area contributed by atoms with E-state index in [-0.39, 0.29) is 5.78 Å². The molecule has 5 nitrogen and oxygen atoms in total. The van der Waals surface area contributed by atoms with Crippen LogP contribution in [0.15, 0.2) is 29.6 Å². The number of hydrogen-bond acceptors (Lipinski definition) is 6. The van der Waals surface area contributed by atoms with Crippen LogP contribution < -0.4 is 4.74 Å². The van der Waals surface area contributed by atoms with Crippen LogP contribution in [-0.4, -0.2) is 40.6 Å². The zero-order chi connectivity index (χ0) is 15.4. The number of Topliss-reactive ketones (excluding diaryl/α,β-unsaturated/α-hetero) is 1. The van der Waals surface area contributed by atoms with Crippen LogP contribution in [0.1, 0.15) is 34.6 Å². The van der Waals surface area contributed by atoms with Gasteiger partial charge in [-0.15, -0.1) is 16.4 Å². The van der Waals surface area contributed by atoms with Crippen LogP contribution in [0.2, 0.25) is 0 Å². The lowest BCUT2D eigenvalue weighted by molar-refractivity contribution is 0.0942. The molecule has 1 fully saturated rings. The Morgan fingerprint density at radius 2 is 2.32 bits per heavy atom. The fraction of sp³-hybridized carbons (Fsp3) is 0.438. The molecule has 6 heteroatoms. The number of aromatic nitrogens is 2. The molecule has 0 amide bonds. The van der Waals surface area contributed by atoms with Crippen molar-refractivity contribution in [3.8, 4) is 5.88 Å². The summed E-state index contributed by atoms with van der Waals surface area (Å²) < 4.78 is 5.02. The Labute approximate surface area is 133 Å². The minimum atomic E-state index is 0.243. The molecule has 2 aromatic rings. The van der Waals surface area contributed by atoms with E-state index in [0.29, 0.717) is 18.3 Å². The molecule has 22 heavy (non-hydrogen) atoms. The number of likely N-dealkylation sites (tertiary alicyclic amines) is 1. The highest BCUT2D eigenvalue weighted by Crippen LogP contribution is 2.24. The number of hydrogen-bond donors (Lipinski definition) is 0. The molecule has 1 unspecified atom stereocenters. The van der Waals surface area contributed by atoms with Gasteiger partial charge >= 0.3 is 0 Å². The summed E-state index contributed by atoms with van der Waals surface area (Å²) in [5.41, 5.74) is 0.913.